The number of thiazole rings is 1. The molecule has 0 saturated carbocycles. The third kappa shape index (κ3) is 4.74. The maximum absolute atomic E-state index is 15.1. The molecule has 0 radical (unpaired) electrons. The van der Waals surface area contributed by atoms with Gasteiger partial charge in [0.25, 0.3) is 0 Å². The summed E-state index contributed by atoms with van der Waals surface area (Å²) >= 11 is 1.42. The summed E-state index contributed by atoms with van der Waals surface area (Å²) in [5, 5.41) is 8.95. The number of halogens is 2. The van der Waals surface area contributed by atoms with Gasteiger partial charge in [-0.1, -0.05) is 0 Å². The lowest BCUT2D eigenvalue weighted by atomic mass is 9.96. The Morgan fingerprint density at radius 1 is 1.17 bits per heavy atom. The van der Waals surface area contributed by atoms with Gasteiger partial charge in [-0.3, -0.25) is 0 Å². The highest BCUT2D eigenvalue weighted by molar-refractivity contribution is 7.91. The minimum Gasteiger partial charge on any atom is -0.367 e. The first-order valence-electron chi connectivity index (χ1n) is 11.5. The molecule has 0 bridgehead atoms. The Morgan fingerprint density at radius 2 is 1.94 bits per heavy atom. The lowest BCUT2D eigenvalue weighted by Crippen LogP contribution is -2.40. The van der Waals surface area contributed by atoms with E-state index < -0.39 is 21.5 Å². The summed E-state index contributed by atoms with van der Waals surface area (Å²) in [6.45, 7) is 5.94. The molecular formula is C23H26F2N6O2S2. The van der Waals surface area contributed by atoms with E-state index in [4.69, 9.17) is 0 Å². The van der Waals surface area contributed by atoms with Crippen LogP contribution in [0.1, 0.15) is 38.3 Å². The monoisotopic (exact) mass is 520 g/mol. The fourth-order valence-corrected chi connectivity index (χ4v) is 6.87. The van der Waals surface area contributed by atoms with Gasteiger partial charge in [-0.05, 0) is 51.9 Å². The average Bonchev–Trinajstić information content (AvgIpc) is 3.28. The van der Waals surface area contributed by atoms with Gasteiger partial charge in [0.15, 0.2) is 20.8 Å². The number of rotatable bonds is 5. The maximum Gasteiger partial charge on any atom is 0.229 e. The molecule has 1 saturated heterocycles. The lowest BCUT2D eigenvalue weighted by molar-refractivity contribution is 0.455. The van der Waals surface area contributed by atoms with Crippen LogP contribution < -0.4 is 15.5 Å². The van der Waals surface area contributed by atoms with Crippen LogP contribution in [-0.2, 0) is 9.84 Å². The number of nitrogens with one attached hydrogen (secondary N) is 2. The molecule has 5 rings (SSSR count). The topological polar surface area (TPSA) is 100 Å². The zero-order chi connectivity index (χ0) is 24.7. The number of hydrogen-bond acceptors (Lipinski definition) is 9. The predicted octanol–water partition coefficient (Wildman–Crippen LogP) is 4.09. The normalized spacial score (nSPS) is 18.0. The third-order valence-corrected chi connectivity index (χ3v) is 8.91. The summed E-state index contributed by atoms with van der Waals surface area (Å²) in [4.78, 5) is 14.4. The average molecular weight is 521 g/mol. The van der Waals surface area contributed by atoms with Crippen molar-refractivity contribution in [2.45, 2.75) is 43.5 Å². The first-order chi connectivity index (χ1) is 16.7. The van der Waals surface area contributed by atoms with Crippen molar-refractivity contribution in [2.75, 3.05) is 35.6 Å². The van der Waals surface area contributed by atoms with Crippen molar-refractivity contribution in [3.63, 3.8) is 0 Å². The Bertz CT molecular complexity index is 1360. The molecule has 0 unspecified atom stereocenters. The van der Waals surface area contributed by atoms with Crippen molar-refractivity contribution in [2.24, 2.45) is 0 Å². The van der Waals surface area contributed by atoms with Crippen LogP contribution in [0.25, 0.3) is 11.3 Å². The van der Waals surface area contributed by atoms with Crippen molar-refractivity contribution in [3.05, 3.63) is 41.0 Å². The fourth-order valence-electron chi connectivity index (χ4n) is 4.59. The standard InChI is InChI=1S/C23H26F2N6O2S2/c1-13(2)31-7-8-35(32,33)21-16(24)9-15(10-19(21)31)20-17(25)11-27-22(29-20)30-23-28-18(12-34-23)14-3-5-26-6-4-14/h9-14,26H,3-8H2,1-2H3,(H,27,28,29,30). The molecule has 186 valence electrons. The number of sulfone groups is 1. The predicted molar refractivity (Wildman–Crippen MR) is 132 cm³/mol. The first kappa shape index (κ1) is 24.0. The zero-order valence-corrected chi connectivity index (χ0v) is 21.0. The molecule has 12 heteroatoms. The molecule has 8 nitrogen and oxygen atoms in total. The van der Waals surface area contributed by atoms with Crippen LogP contribution in [0.5, 0.6) is 0 Å². The Balaban J connectivity index is 1.48. The smallest absolute Gasteiger partial charge is 0.229 e. The van der Waals surface area contributed by atoms with E-state index in [9.17, 15) is 12.8 Å². The summed E-state index contributed by atoms with van der Waals surface area (Å²) in [5.41, 5.74) is 1.25. The molecule has 1 aromatic carbocycles. The summed E-state index contributed by atoms with van der Waals surface area (Å²) in [5.74, 6) is -1.30. The van der Waals surface area contributed by atoms with Crippen LogP contribution in [0.3, 0.4) is 0 Å². The summed E-state index contributed by atoms with van der Waals surface area (Å²) in [6, 6.07) is 2.45. The highest BCUT2D eigenvalue weighted by Crippen LogP contribution is 2.38. The van der Waals surface area contributed by atoms with Crippen molar-refractivity contribution in [3.8, 4) is 11.3 Å². The minimum atomic E-state index is -3.77. The van der Waals surface area contributed by atoms with Gasteiger partial charge in [0.1, 0.15) is 16.4 Å². The SMILES string of the molecule is CC(C)N1CCS(=O)(=O)c2c(F)cc(-c3nc(Nc4nc(C5CCNCC5)cs4)ncc3F)cc21. The summed E-state index contributed by atoms with van der Waals surface area (Å²) in [6.07, 6.45) is 3.06. The third-order valence-electron chi connectivity index (χ3n) is 6.38. The Hall–Kier alpha value is -2.70. The molecule has 2 N–H and O–H groups in total. The van der Waals surface area contributed by atoms with Gasteiger partial charge in [0.05, 0.1) is 23.3 Å². The van der Waals surface area contributed by atoms with Crippen LogP contribution in [0.4, 0.5) is 25.5 Å². The number of benzene rings is 1. The fraction of sp³-hybridized carbons (Fsp3) is 0.435. The molecule has 35 heavy (non-hydrogen) atoms. The number of piperidine rings is 1. The van der Waals surface area contributed by atoms with E-state index in [0.717, 1.165) is 43.9 Å². The Morgan fingerprint density at radius 3 is 2.69 bits per heavy atom. The molecule has 2 aliphatic rings. The van der Waals surface area contributed by atoms with Gasteiger partial charge >= 0.3 is 0 Å². The van der Waals surface area contributed by atoms with E-state index in [1.54, 1.807) is 4.90 Å². The van der Waals surface area contributed by atoms with Gasteiger partial charge in [0.2, 0.25) is 5.95 Å². The number of hydrogen-bond donors (Lipinski definition) is 2. The van der Waals surface area contributed by atoms with E-state index in [2.05, 4.69) is 25.6 Å². The molecule has 0 aliphatic carbocycles. The van der Waals surface area contributed by atoms with Crippen LogP contribution in [0.15, 0.2) is 28.6 Å². The molecule has 0 atom stereocenters. The highest BCUT2D eigenvalue weighted by atomic mass is 32.2. The quantitative estimate of drug-likeness (QED) is 0.519. The zero-order valence-electron chi connectivity index (χ0n) is 19.4. The number of fused-ring (bicyclic) bond motifs is 1. The largest absolute Gasteiger partial charge is 0.367 e. The molecule has 1 fully saturated rings. The minimum absolute atomic E-state index is 0.0644. The van der Waals surface area contributed by atoms with Crippen molar-refractivity contribution in [1.29, 1.82) is 0 Å². The van der Waals surface area contributed by atoms with Gasteiger partial charge < -0.3 is 15.5 Å². The van der Waals surface area contributed by atoms with E-state index >= 15 is 4.39 Å². The van der Waals surface area contributed by atoms with E-state index in [-0.39, 0.29) is 46.1 Å². The summed E-state index contributed by atoms with van der Waals surface area (Å²) in [7, 11) is -3.77. The van der Waals surface area contributed by atoms with Gasteiger partial charge in [-0.2, -0.15) is 0 Å². The van der Waals surface area contributed by atoms with Crippen molar-refractivity contribution < 1.29 is 17.2 Å². The second kappa shape index (κ2) is 9.40. The molecule has 2 aromatic heterocycles. The van der Waals surface area contributed by atoms with Crippen molar-refractivity contribution in [1.82, 2.24) is 20.3 Å². The second-order valence-electron chi connectivity index (χ2n) is 9.03. The number of anilines is 3. The van der Waals surface area contributed by atoms with E-state index in [1.807, 2.05) is 19.2 Å². The van der Waals surface area contributed by atoms with Crippen LogP contribution in [-0.4, -0.2) is 54.8 Å². The lowest BCUT2D eigenvalue weighted by Gasteiger charge is -2.34. The number of nitrogens with zero attached hydrogens (tertiary/aromatic N) is 4. The molecular weight excluding hydrogens is 494 g/mol. The van der Waals surface area contributed by atoms with E-state index in [0.29, 0.717) is 11.0 Å². The van der Waals surface area contributed by atoms with Crippen LogP contribution in [0, 0.1) is 11.6 Å². The van der Waals surface area contributed by atoms with Crippen molar-refractivity contribution >= 4 is 37.9 Å². The van der Waals surface area contributed by atoms with Crippen LogP contribution in [0.2, 0.25) is 0 Å². The maximum atomic E-state index is 15.1. The molecule has 0 amide bonds. The number of aromatic nitrogens is 3. The second-order valence-corrected chi connectivity index (χ2v) is 11.9. The Labute approximate surface area is 206 Å². The summed E-state index contributed by atoms with van der Waals surface area (Å²) < 4.78 is 55.0. The van der Waals surface area contributed by atoms with Crippen LogP contribution >= 0.6 is 11.3 Å². The van der Waals surface area contributed by atoms with E-state index in [1.165, 1.54) is 17.4 Å². The van der Waals surface area contributed by atoms with Gasteiger partial charge in [-0.25, -0.2) is 32.2 Å². The van der Waals surface area contributed by atoms with Gasteiger partial charge in [0, 0.05) is 29.4 Å². The first-order valence-corrected chi connectivity index (χ1v) is 14.0. The molecule has 4 heterocycles. The Kier molecular flexibility index (Phi) is 6.45. The van der Waals surface area contributed by atoms with Gasteiger partial charge in [-0.15, -0.1) is 11.3 Å². The molecule has 3 aromatic rings. The molecule has 2 aliphatic heterocycles. The molecule has 0 spiro atoms. The highest BCUT2D eigenvalue weighted by Gasteiger charge is 2.33.